The van der Waals surface area contributed by atoms with Crippen molar-refractivity contribution < 1.29 is 4.79 Å². The van der Waals surface area contributed by atoms with Crippen LogP contribution < -0.4 is 10.6 Å². The number of benzene rings is 3. The average molecular weight is 330 g/mol. The predicted molar refractivity (Wildman–Crippen MR) is 103 cm³/mol. The van der Waals surface area contributed by atoms with Gasteiger partial charge in [0.15, 0.2) is 0 Å². The molecule has 0 spiro atoms. The van der Waals surface area contributed by atoms with Crippen LogP contribution in [0.1, 0.15) is 34.5 Å². The van der Waals surface area contributed by atoms with Gasteiger partial charge in [-0.2, -0.15) is 0 Å². The first-order valence-corrected chi connectivity index (χ1v) is 8.46. The maximum atomic E-state index is 12.2. The third kappa shape index (κ3) is 4.78. The largest absolute Gasteiger partial charge is 0.322 e. The van der Waals surface area contributed by atoms with E-state index >= 15 is 0 Å². The molecule has 0 saturated heterocycles. The number of amides is 1. The molecule has 0 aliphatic carbocycles. The summed E-state index contributed by atoms with van der Waals surface area (Å²) in [6.45, 7) is 2.91. The Bertz CT molecular complexity index is 798. The van der Waals surface area contributed by atoms with Crippen LogP contribution in [0.3, 0.4) is 0 Å². The summed E-state index contributed by atoms with van der Waals surface area (Å²) in [4.78, 5) is 12.2. The fourth-order valence-corrected chi connectivity index (χ4v) is 2.63. The molecule has 0 heterocycles. The first-order chi connectivity index (χ1) is 12.2. The van der Waals surface area contributed by atoms with Crippen molar-refractivity contribution in [3.8, 4) is 0 Å². The second-order valence-electron chi connectivity index (χ2n) is 6.03. The summed E-state index contributed by atoms with van der Waals surface area (Å²) in [6, 6.07) is 27.8. The Morgan fingerprint density at radius 3 is 2.08 bits per heavy atom. The molecule has 126 valence electrons. The van der Waals surface area contributed by atoms with Gasteiger partial charge in [0.1, 0.15) is 0 Å². The fourth-order valence-electron chi connectivity index (χ4n) is 2.63. The van der Waals surface area contributed by atoms with Gasteiger partial charge in [-0.3, -0.25) is 4.79 Å². The van der Waals surface area contributed by atoms with Crippen LogP contribution in [0.2, 0.25) is 0 Å². The Labute approximate surface area is 148 Å². The number of anilines is 1. The lowest BCUT2D eigenvalue weighted by Crippen LogP contribution is -2.18. The molecule has 0 aromatic heterocycles. The van der Waals surface area contributed by atoms with Crippen LogP contribution in [0.5, 0.6) is 0 Å². The van der Waals surface area contributed by atoms with E-state index in [1.807, 2.05) is 72.8 Å². The van der Waals surface area contributed by atoms with Crippen molar-refractivity contribution in [1.29, 1.82) is 0 Å². The highest BCUT2D eigenvalue weighted by Gasteiger charge is 2.07. The summed E-state index contributed by atoms with van der Waals surface area (Å²) in [6.07, 6.45) is 0. The van der Waals surface area contributed by atoms with E-state index in [1.165, 1.54) is 5.56 Å². The minimum absolute atomic E-state index is 0.0941. The third-order valence-corrected chi connectivity index (χ3v) is 4.16. The summed E-state index contributed by atoms with van der Waals surface area (Å²) in [5.41, 5.74) is 3.87. The molecule has 1 amide bonds. The zero-order valence-corrected chi connectivity index (χ0v) is 14.3. The Kier molecular flexibility index (Phi) is 5.60. The Hall–Kier alpha value is -2.91. The third-order valence-electron chi connectivity index (χ3n) is 4.16. The number of nitrogens with one attached hydrogen (secondary N) is 2. The van der Waals surface area contributed by atoms with Crippen LogP contribution in [0, 0.1) is 0 Å². The Morgan fingerprint density at radius 2 is 1.44 bits per heavy atom. The molecule has 0 aliphatic rings. The van der Waals surface area contributed by atoms with Crippen molar-refractivity contribution in [2.75, 3.05) is 5.32 Å². The Balaban J connectivity index is 1.56. The van der Waals surface area contributed by atoms with Crippen molar-refractivity contribution in [3.05, 3.63) is 102 Å². The van der Waals surface area contributed by atoms with Crippen molar-refractivity contribution >= 4 is 11.6 Å². The van der Waals surface area contributed by atoms with E-state index in [2.05, 4.69) is 29.7 Å². The summed E-state index contributed by atoms with van der Waals surface area (Å²) in [7, 11) is 0. The topological polar surface area (TPSA) is 41.1 Å². The number of rotatable bonds is 6. The number of hydrogen-bond acceptors (Lipinski definition) is 2. The summed E-state index contributed by atoms with van der Waals surface area (Å²) in [5.74, 6) is -0.0941. The molecule has 0 fully saturated rings. The van der Waals surface area contributed by atoms with Gasteiger partial charge in [-0.1, -0.05) is 60.7 Å². The molecule has 2 N–H and O–H groups in total. The summed E-state index contributed by atoms with van der Waals surface area (Å²) >= 11 is 0. The summed E-state index contributed by atoms with van der Waals surface area (Å²) in [5, 5.41) is 6.40. The molecule has 0 radical (unpaired) electrons. The highest BCUT2D eigenvalue weighted by molar-refractivity contribution is 6.04. The molecular weight excluding hydrogens is 308 g/mol. The van der Waals surface area contributed by atoms with Crippen molar-refractivity contribution in [3.63, 3.8) is 0 Å². The monoisotopic (exact) mass is 330 g/mol. The molecule has 1 atom stereocenters. The number of carbonyl (C=O) groups is 1. The fraction of sp³-hybridized carbons (Fsp3) is 0.136. The number of carbonyl (C=O) groups excluding carboxylic acids is 1. The van der Waals surface area contributed by atoms with E-state index in [-0.39, 0.29) is 11.9 Å². The van der Waals surface area contributed by atoms with E-state index in [1.54, 1.807) is 0 Å². The first kappa shape index (κ1) is 16.9. The Morgan fingerprint density at radius 1 is 0.840 bits per heavy atom. The quantitative estimate of drug-likeness (QED) is 0.682. The highest BCUT2D eigenvalue weighted by atomic mass is 16.1. The van der Waals surface area contributed by atoms with Gasteiger partial charge in [-0.25, -0.2) is 0 Å². The predicted octanol–water partition coefficient (Wildman–Crippen LogP) is 4.79. The molecule has 3 aromatic rings. The van der Waals surface area contributed by atoms with Crippen molar-refractivity contribution in [1.82, 2.24) is 5.32 Å². The van der Waals surface area contributed by atoms with Crippen LogP contribution in [0.25, 0.3) is 0 Å². The zero-order chi connectivity index (χ0) is 17.5. The van der Waals surface area contributed by atoms with Crippen LogP contribution in [0.4, 0.5) is 5.69 Å². The summed E-state index contributed by atoms with van der Waals surface area (Å²) < 4.78 is 0. The van der Waals surface area contributed by atoms with E-state index in [0.29, 0.717) is 5.56 Å². The minimum atomic E-state index is -0.0941. The number of para-hydroxylation sites is 1. The molecule has 3 aromatic carbocycles. The lowest BCUT2D eigenvalue weighted by molar-refractivity contribution is 0.102. The van der Waals surface area contributed by atoms with Crippen LogP contribution >= 0.6 is 0 Å². The lowest BCUT2D eigenvalue weighted by atomic mass is 10.1. The van der Waals surface area contributed by atoms with Crippen molar-refractivity contribution in [2.45, 2.75) is 19.5 Å². The van der Waals surface area contributed by atoms with Gasteiger partial charge >= 0.3 is 0 Å². The molecule has 3 nitrogen and oxygen atoms in total. The molecule has 25 heavy (non-hydrogen) atoms. The standard InChI is InChI=1S/C22H22N2O/c1-17(19-8-4-2-5-9-19)23-16-18-12-14-20(15-13-18)22(25)24-21-10-6-3-7-11-21/h2-15,17,23H,16H2,1H3,(H,24,25)/t17-/m0/s1. The molecular formula is C22H22N2O. The molecule has 0 unspecified atom stereocenters. The molecule has 3 heteroatoms. The highest BCUT2D eigenvalue weighted by Crippen LogP contribution is 2.13. The zero-order valence-electron chi connectivity index (χ0n) is 14.3. The maximum absolute atomic E-state index is 12.2. The molecule has 0 bridgehead atoms. The lowest BCUT2D eigenvalue weighted by Gasteiger charge is -2.14. The van der Waals surface area contributed by atoms with Gasteiger partial charge < -0.3 is 10.6 Å². The van der Waals surface area contributed by atoms with Crippen LogP contribution in [0.15, 0.2) is 84.9 Å². The van der Waals surface area contributed by atoms with E-state index < -0.39 is 0 Å². The van der Waals surface area contributed by atoms with Crippen LogP contribution in [-0.4, -0.2) is 5.91 Å². The second-order valence-corrected chi connectivity index (χ2v) is 6.03. The van der Waals surface area contributed by atoms with Crippen LogP contribution in [-0.2, 0) is 6.54 Å². The molecule has 0 saturated carbocycles. The molecule has 3 rings (SSSR count). The second kappa shape index (κ2) is 8.27. The van der Waals surface area contributed by atoms with Gasteiger partial charge in [0.05, 0.1) is 0 Å². The first-order valence-electron chi connectivity index (χ1n) is 8.46. The van der Waals surface area contributed by atoms with E-state index in [0.717, 1.165) is 17.8 Å². The average Bonchev–Trinajstić information content (AvgIpc) is 2.68. The molecule has 0 aliphatic heterocycles. The minimum Gasteiger partial charge on any atom is -0.322 e. The SMILES string of the molecule is C[C@H](NCc1ccc(C(=O)Nc2ccccc2)cc1)c1ccccc1. The van der Waals surface area contributed by atoms with Gasteiger partial charge in [0, 0.05) is 23.8 Å². The van der Waals surface area contributed by atoms with Gasteiger partial charge in [-0.15, -0.1) is 0 Å². The normalized spacial score (nSPS) is 11.7. The van der Waals surface area contributed by atoms with E-state index in [4.69, 9.17) is 0 Å². The van der Waals surface area contributed by atoms with E-state index in [9.17, 15) is 4.79 Å². The van der Waals surface area contributed by atoms with Gasteiger partial charge in [0.2, 0.25) is 0 Å². The van der Waals surface area contributed by atoms with Gasteiger partial charge in [0.25, 0.3) is 5.91 Å². The smallest absolute Gasteiger partial charge is 0.255 e. The maximum Gasteiger partial charge on any atom is 0.255 e. The number of hydrogen-bond donors (Lipinski definition) is 2. The van der Waals surface area contributed by atoms with Gasteiger partial charge in [-0.05, 0) is 42.3 Å². The van der Waals surface area contributed by atoms with Crippen molar-refractivity contribution in [2.24, 2.45) is 0 Å².